The van der Waals surface area contributed by atoms with E-state index in [4.69, 9.17) is 9.47 Å². The van der Waals surface area contributed by atoms with E-state index in [0.29, 0.717) is 15.8 Å². The highest BCUT2D eigenvalue weighted by Gasteiger charge is 2.48. The van der Waals surface area contributed by atoms with Crippen molar-refractivity contribution in [2.75, 3.05) is 14.2 Å². The maximum absolute atomic E-state index is 13.0. The molecular weight excluding hydrogens is 357 g/mol. The van der Waals surface area contributed by atoms with Crippen molar-refractivity contribution in [2.24, 2.45) is 0 Å². The number of carbonyl (C=O) groups excluding carboxylic acids is 1. The van der Waals surface area contributed by atoms with Gasteiger partial charge in [-0.3, -0.25) is 0 Å². The van der Waals surface area contributed by atoms with Gasteiger partial charge in [0, 0.05) is 5.56 Å². The van der Waals surface area contributed by atoms with E-state index in [0.717, 1.165) is 13.2 Å². The Bertz CT molecular complexity index is 610. The molecule has 4 nitrogen and oxygen atoms in total. The average Bonchev–Trinajstić information content (AvgIpc) is 2.43. The van der Waals surface area contributed by atoms with E-state index in [1.54, 1.807) is 0 Å². The zero-order valence-corrected chi connectivity index (χ0v) is 12.5. The maximum atomic E-state index is 13.0. The highest BCUT2D eigenvalue weighted by molar-refractivity contribution is 9.10. The number of rotatable bonds is 2. The van der Waals surface area contributed by atoms with Crippen molar-refractivity contribution in [3.63, 3.8) is 0 Å². The summed E-state index contributed by atoms with van der Waals surface area (Å²) >= 11 is 3.17. The van der Waals surface area contributed by atoms with E-state index < -0.39 is 23.8 Å². The maximum Gasteiger partial charge on any atom is 0.430 e. The van der Waals surface area contributed by atoms with Gasteiger partial charge in [0.05, 0.1) is 24.3 Å². The summed E-state index contributed by atoms with van der Waals surface area (Å²) < 4.78 is 53.9. The number of esters is 1. The topological polar surface area (TPSA) is 44.8 Å². The number of halogens is 4. The predicted octanol–water partition coefficient (Wildman–Crippen LogP) is 3.34. The minimum absolute atomic E-state index is 0.00217. The number of carbonyl (C=O) groups is 1. The van der Waals surface area contributed by atoms with Crippen molar-refractivity contribution in [3.05, 3.63) is 27.7 Å². The molecule has 0 radical (unpaired) electrons. The summed E-state index contributed by atoms with van der Waals surface area (Å²) in [5.74, 6) is -0.689. The molecule has 1 aliphatic rings. The fraction of sp³-hybridized carbons (Fsp3) is 0.308. The van der Waals surface area contributed by atoms with Crippen molar-refractivity contribution >= 4 is 28.0 Å². The van der Waals surface area contributed by atoms with Gasteiger partial charge in [-0.05, 0) is 34.1 Å². The van der Waals surface area contributed by atoms with Gasteiger partial charge in [-0.15, -0.1) is 0 Å². The van der Waals surface area contributed by atoms with Crippen molar-refractivity contribution < 1.29 is 32.2 Å². The number of ether oxygens (including phenoxy) is 3. The summed E-state index contributed by atoms with van der Waals surface area (Å²) in [5.41, 5.74) is -0.308. The smallest absolute Gasteiger partial charge is 0.430 e. The lowest BCUT2D eigenvalue weighted by molar-refractivity contribution is -0.187. The van der Waals surface area contributed by atoms with Gasteiger partial charge in [0.1, 0.15) is 11.5 Å². The minimum atomic E-state index is -4.73. The van der Waals surface area contributed by atoms with Crippen molar-refractivity contribution in [1.29, 1.82) is 0 Å². The van der Waals surface area contributed by atoms with E-state index >= 15 is 0 Å². The zero-order chi connectivity index (χ0) is 15.8. The summed E-state index contributed by atoms with van der Waals surface area (Å²) in [6, 6.07) is 2.83. The third-order valence-corrected chi connectivity index (χ3v) is 3.46. The normalized spacial score (nSPS) is 17.4. The molecule has 0 amide bonds. The molecule has 114 valence electrons. The Hall–Kier alpha value is -1.70. The molecule has 1 aromatic carbocycles. The molecule has 1 atom stereocenters. The van der Waals surface area contributed by atoms with Gasteiger partial charge in [0.15, 0.2) is 0 Å². The molecular formula is C13H10BrF3O4. The molecule has 1 aliphatic heterocycles. The van der Waals surface area contributed by atoms with Crippen LogP contribution in [0.3, 0.4) is 0 Å². The lowest BCUT2D eigenvalue weighted by Crippen LogP contribution is -2.40. The van der Waals surface area contributed by atoms with Crippen LogP contribution in [0.25, 0.3) is 6.08 Å². The molecule has 0 N–H and O–H groups in total. The molecule has 0 aromatic heterocycles. The SMILES string of the molecule is COC(=O)C1=Cc2cc(OC)c(Br)cc2OC1C(F)(F)F. The van der Waals surface area contributed by atoms with Gasteiger partial charge in [0.2, 0.25) is 6.10 Å². The first-order valence-corrected chi connectivity index (χ1v) is 6.48. The molecule has 21 heavy (non-hydrogen) atoms. The van der Waals surface area contributed by atoms with Crippen LogP contribution in [0.2, 0.25) is 0 Å². The Morgan fingerprint density at radius 2 is 2.00 bits per heavy atom. The molecule has 1 heterocycles. The van der Waals surface area contributed by atoms with E-state index in [2.05, 4.69) is 20.7 Å². The van der Waals surface area contributed by atoms with E-state index in [9.17, 15) is 18.0 Å². The van der Waals surface area contributed by atoms with Crippen LogP contribution in [0.15, 0.2) is 22.2 Å². The lowest BCUT2D eigenvalue weighted by Gasteiger charge is -2.28. The molecule has 1 unspecified atom stereocenters. The molecule has 2 rings (SSSR count). The van der Waals surface area contributed by atoms with Gasteiger partial charge < -0.3 is 14.2 Å². The predicted molar refractivity (Wildman–Crippen MR) is 71.2 cm³/mol. The average molecular weight is 367 g/mol. The number of alkyl halides is 3. The number of methoxy groups -OCH3 is 2. The highest BCUT2D eigenvalue weighted by atomic mass is 79.9. The largest absolute Gasteiger partial charge is 0.496 e. The van der Waals surface area contributed by atoms with Crippen LogP contribution in [0.5, 0.6) is 11.5 Å². The van der Waals surface area contributed by atoms with Crippen molar-refractivity contribution in [3.8, 4) is 11.5 Å². The second-order valence-corrected chi connectivity index (χ2v) is 5.01. The molecule has 1 aromatic rings. The van der Waals surface area contributed by atoms with Crippen LogP contribution in [-0.4, -0.2) is 32.5 Å². The molecule has 0 bridgehead atoms. The minimum Gasteiger partial charge on any atom is -0.496 e. The third-order valence-electron chi connectivity index (χ3n) is 2.84. The number of fused-ring (bicyclic) bond motifs is 1. The molecule has 0 spiro atoms. The molecule has 0 saturated heterocycles. The standard InChI is InChI=1S/C13H10BrF3O4/c1-19-10-4-6-3-7(12(18)20-2)11(13(15,16)17)21-9(6)5-8(10)14/h3-5,11H,1-2H3. The number of hydrogen-bond acceptors (Lipinski definition) is 4. The highest BCUT2D eigenvalue weighted by Crippen LogP contribution is 2.41. The van der Waals surface area contributed by atoms with Gasteiger partial charge in [-0.25, -0.2) is 4.79 Å². The van der Waals surface area contributed by atoms with Crippen LogP contribution in [-0.2, 0) is 9.53 Å². The fourth-order valence-corrected chi connectivity index (χ4v) is 2.37. The van der Waals surface area contributed by atoms with Gasteiger partial charge in [-0.2, -0.15) is 13.2 Å². The second-order valence-electron chi connectivity index (χ2n) is 4.16. The van der Waals surface area contributed by atoms with Crippen LogP contribution in [0.1, 0.15) is 5.56 Å². The first-order chi connectivity index (χ1) is 9.77. The monoisotopic (exact) mass is 366 g/mol. The number of benzene rings is 1. The lowest BCUT2D eigenvalue weighted by atomic mass is 10.0. The quantitative estimate of drug-likeness (QED) is 0.753. The Labute approximate surface area is 126 Å². The molecule has 0 aliphatic carbocycles. The summed E-state index contributed by atoms with van der Waals surface area (Å²) in [6.07, 6.45) is -6.00. The molecule has 8 heteroatoms. The Kier molecular flexibility index (Phi) is 4.18. The Morgan fingerprint density at radius 1 is 1.33 bits per heavy atom. The Balaban J connectivity index is 2.57. The third kappa shape index (κ3) is 2.99. The summed E-state index contributed by atoms with van der Waals surface area (Å²) in [6.45, 7) is 0. The van der Waals surface area contributed by atoms with Crippen LogP contribution >= 0.6 is 15.9 Å². The summed E-state index contributed by atoms with van der Waals surface area (Å²) in [4.78, 5) is 11.5. The van der Waals surface area contributed by atoms with Gasteiger partial charge in [0.25, 0.3) is 0 Å². The van der Waals surface area contributed by atoms with Gasteiger partial charge >= 0.3 is 12.1 Å². The molecule has 0 fully saturated rings. The molecule has 0 saturated carbocycles. The summed E-state index contributed by atoms with van der Waals surface area (Å²) in [7, 11) is 2.42. The zero-order valence-electron chi connectivity index (χ0n) is 11.0. The van der Waals surface area contributed by atoms with Crippen LogP contribution in [0, 0.1) is 0 Å². The first kappa shape index (κ1) is 15.7. The van der Waals surface area contributed by atoms with E-state index in [1.165, 1.54) is 19.2 Å². The van der Waals surface area contributed by atoms with Crippen molar-refractivity contribution in [2.45, 2.75) is 12.3 Å². The van der Waals surface area contributed by atoms with Gasteiger partial charge in [-0.1, -0.05) is 0 Å². The fourth-order valence-electron chi connectivity index (χ4n) is 1.88. The summed E-state index contributed by atoms with van der Waals surface area (Å²) in [5, 5.41) is 0. The van der Waals surface area contributed by atoms with E-state index in [-0.39, 0.29) is 5.75 Å². The van der Waals surface area contributed by atoms with Crippen molar-refractivity contribution in [1.82, 2.24) is 0 Å². The van der Waals surface area contributed by atoms with E-state index in [1.807, 2.05) is 0 Å². The Morgan fingerprint density at radius 3 is 2.52 bits per heavy atom. The van der Waals surface area contributed by atoms with Crippen LogP contribution in [0.4, 0.5) is 13.2 Å². The first-order valence-electron chi connectivity index (χ1n) is 5.68. The van der Waals surface area contributed by atoms with Crippen LogP contribution < -0.4 is 9.47 Å². The number of hydrogen-bond donors (Lipinski definition) is 0. The second kappa shape index (κ2) is 5.59.